The summed E-state index contributed by atoms with van der Waals surface area (Å²) in [7, 11) is 0. The number of pyridine rings is 1. The van der Waals surface area contributed by atoms with Gasteiger partial charge in [0.25, 0.3) is 11.5 Å². The largest absolute Gasteiger partial charge is 0.480 e. The summed E-state index contributed by atoms with van der Waals surface area (Å²) in [4.78, 5) is 40.5. The lowest BCUT2D eigenvalue weighted by Gasteiger charge is -2.21. The van der Waals surface area contributed by atoms with E-state index >= 15 is 0 Å². The Hall–Kier alpha value is -2.89. The molecule has 0 bridgehead atoms. The van der Waals surface area contributed by atoms with Gasteiger partial charge in [-0.2, -0.15) is 0 Å². The number of carbonyl (C=O) groups is 2. The number of fused-ring (bicyclic) bond motifs is 1. The lowest BCUT2D eigenvalue weighted by Crippen LogP contribution is -2.38. The van der Waals surface area contributed by atoms with E-state index in [-0.39, 0.29) is 5.56 Å². The molecular weight excluding hydrogens is 320 g/mol. The highest BCUT2D eigenvalue weighted by molar-refractivity contribution is 6.08. The number of H-pyrrole nitrogens is 1. The van der Waals surface area contributed by atoms with E-state index in [1.165, 1.54) is 0 Å². The minimum absolute atomic E-state index is 0.00856. The molecule has 1 aromatic heterocycles. The van der Waals surface area contributed by atoms with Gasteiger partial charge < -0.3 is 10.1 Å². The summed E-state index contributed by atoms with van der Waals surface area (Å²) in [6.07, 6.45) is 4.75. The smallest absolute Gasteiger partial charge is 0.323 e. The van der Waals surface area contributed by atoms with E-state index in [9.17, 15) is 14.4 Å². The van der Waals surface area contributed by atoms with Gasteiger partial charge in [-0.15, -0.1) is 0 Å². The Morgan fingerprint density at radius 2 is 1.80 bits per heavy atom. The van der Waals surface area contributed by atoms with Crippen LogP contribution in [0.3, 0.4) is 0 Å². The van der Waals surface area contributed by atoms with E-state index in [4.69, 9.17) is 5.11 Å². The quantitative estimate of drug-likeness (QED) is 0.836. The Morgan fingerprint density at radius 1 is 1.08 bits per heavy atom. The number of amides is 1. The number of benzene rings is 1. The molecule has 3 rings (SSSR count). The molecule has 0 saturated heterocycles. The molecule has 6 nitrogen and oxygen atoms in total. The summed E-state index contributed by atoms with van der Waals surface area (Å²) < 4.78 is 0. The van der Waals surface area contributed by atoms with Gasteiger partial charge in [0.05, 0.1) is 0 Å². The van der Waals surface area contributed by atoms with E-state index in [0.717, 1.165) is 48.3 Å². The number of aryl methyl sites for hydroxylation is 2. The highest BCUT2D eigenvalue weighted by Crippen LogP contribution is 2.20. The van der Waals surface area contributed by atoms with Gasteiger partial charge in [0.2, 0.25) is 0 Å². The van der Waals surface area contributed by atoms with E-state index in [0.29, 0.717) is 5.69 Å². The molecule has 0 unspecified atom stereocenters. The number of aromatic amines is 1. The molecule has 1 amide bonds. The molecule has 0 spiro atoms. The van der Waals surface area contributed by atoms with Gasteiger partial charge in [-0.25, -0.2) is 0 Å². The maximum absolute atomic E-state index is 12.9. The van der Waals surface area contributed by atoms with Crippen molar-refractivity contribution >= 4 is 17.6 Å². The van der Waals surface area contributed by atoms with Crippen molar-refractivity contribution < 1.29 is 14.7 Å². The highest BCUT2D eigenvalue weighted by Gasteiger charge is 2.24. The zero-order chi connectivity index (χ0) is 17.8. The second-order valence-corrected chi connectivity index (χ2v) is 6.20. The minimum atomic E-state index is -1.14. The van der Waals surface area contributed by atoms with Crippen molar-refractivity contribution in [3.8, 4) is 0 Å². The van der Waals surface area contributed by atoms with Crippen molar-refractivity contribution in [1.29, 1.82) is 0 Å². The molecule has 130 valence electrons. The van der Waals surface area contributed by atoms with E-state index in [2.05, 4.69) is 4.98 Å². The molecule has 0 atom stereocenters. The third-order valence-electron chi connectivity index (χ3n) is 4.42. The van der Waals surface area contributed by atoms with Crippen LogP contribution in [0.25, 0.3) is 0 Å². The van der Waals surface area contributed by atoms with Gasteiger partial charge in [0.1, 0.15) is 12.1 Å². The fourth-order valence-corrected chi connectivity index (χ4v) is 3.18. The van der Waals surface area contributed by atoms with E-state index in [1.54, 1.807) is 36.4 Å². The Balaban J connectivity index is 2.01. The average Bonchev–Trinajstić information content (AvgIpc) is 2.83. The molecule has 2 N–H and O–H groups in total. The first-order valence-electron chi connectivity index (χ1n) is 8.40. The van der Waals surface area contributed by atoms with Crippen LogP contribution in [0.4, 0.5) is 5.69 Å². The van der Waals surface area contributed by atoms with E-state index < -0.39 is 24.0 Å². The number of aromatic nitrogens is 1. The third kappa shape index (κ3) is 3.79. The van der Waals surface area contributed by atoms with Crippen LogP contribution in [0, 0.1) is 0 Å². The van der Waals surface area contributed by atoms with Gasteiger partial charge in [0.15, 0.2) is 0 Å². The van der Waals surface area contributed by atoms with Gasteiger partial charge in [-0.05, 0) is 49.4 Å². The summed E-state index contributed by atoms with van der Waals surface area (Å²) in [5, 5.41) is 9.16. The van der Waals surface area contributed by atoms with Crippen LogP contribution in [0.1, 0.15) is 40.9 Å². The second-order valence-electron chi connectivity index (χ2n) is 6.20. The molecule has 1 aliphatic rings. The number of para-hydroxylation sites is 1. The lowest BCUT2D eigenvalue weighted by atomic mass is 10.1. The van der Waals surface area contributed by atoms with Crippen LogP contribution in [-0.2, 0) is 17.6 Å². The average molecular weight is 340 g/mol. The summed E-state index contributed by atoms with van der Waals surface area (Å²) in [6, 6.07) is 10.2. The van der Waals surface area contributed by atoms with Crippen LogP contribution in [0.5, 0.6) is 0 Å². The third-order valence-corrected chi connectivity index (χ3v) is 4.42. The molecule has 25 heavy (non-hydrogen) atoms. The molecule has 0 saturated carbocycles. The monoisotopic (exact) mass is 340 g/mol. The van der Waals surface area contributed by atoms with Crippen LogP contribution >= 0.6 is 0 Å². The first-order valence-corrected chi connectivity index (χ1v) is 8.40. The number of carboxylic acid groups (broad SMARTS) is 1. The number of hydrogen-bond acceptors (Lipinski definition) is 3. The van der Waals surface area contributed by atoms with Gasteiger partial charge in [-0.3, -0.25) is 19.3 Å². The van der Waals surface area contributed by atoms with Crippen molar-refractivity contribution in [2.24, 2.45) is 0 Å². The zero-order valence-corrected chi connectivity index (χ0v) is 13.8. The first-order chi connectivity index (χ1) is 12.1. The van der Waals surface area contributed by atoms with Gasteiger partial charge >= 0.3 is 5.97 Å². The van der Waals surface area contributed by atoms with Crippen molar-refractivity contribution in [3.63, 3.8) is 0 Å². The normalized spacial score (nSPS) is 13.6. The lowest BCUT2D eigenvalue weighted by molar-refractivity contribution is -0.135. The molecule has 2 aromatic rings. The standard InChI is InChI=1S/C19H20N2O4/c22-17(23)12-21(14-8-4-2-5-9-14)19(25)15-11-13-7-3-1-6-10-16(13)20-18(15)24/h2,4-5,8-9,11H,1,3,6-7,10,12H2,(H,20,24)(H,22,23). The maximum atomic E-state index is 12.9. The Labute approximate surface area is 145 Å². The Kier molecular flexibility index (Phi) is 4.97. The number of carbonyl (C=O) groups excluding carboxylic acids is 1. The van der Waals surface area contributed by atoms with Crippen LogP contribution in [-0.4, -0.2) is 28.5 Å². The highest BCUT2D eigenvalue weighted by atomic mass is 16.4. The summed E-state index contributed by atoms with van der Waals surface area (Å²) >= 11 is 0. The first kappa shape index (κ1) is 17.0. The van der Waals surface area contributed by atoms with Crippen LogP contribution < -0.4 is 10.5 Å². The fourth-order valence-electron chi connectivity index (χ4n) is 3.18. The Morgan fingerprint density at radius 3 is 2.52 bits per heavy atom. The summed E-state index contributed by atoms with van der Waals surface area (Å²) in [5.41, 5.74) is 1.85. The zero-order valence-electron chi connectivity index (χ0n) is 13.8. The summed E-state index contributed by atoms with van der Waals surface area (Å²) in [5.74, 6) is -1.73. The number of rotatable bonds is 4. The molecule has 6 heteroatoms. The van der Waals surface area contributed by atoms with E-state index in [1.807, 2.05) is 0 Å². The van der Waals surface area contributed by atoms with Gasteiger partial charge in [0, 0.05) is 11.4 Å². The molecule has 0 radical (unpaired) electrons. The SMILES string of the molecule is O=C(O)CN(C(=O)c1cc2c([nH]c1=O)CCCCC2)c1ccccc1. The van der Waals surface area contributed by atoms with Crippen LogP contribution in [0.2, 0.25) is 0 Å². The number of aliphatic carboxylic acids is 1. The fraction of sp³-hybridized carbons (Fsp3) is 0.316. The minimum Gasteiger partial charge on any atom is -0.480 e. The predicted molar refractivity (Wildman–Crippen MR) is 94.1 cm³/mol. The number of anilines is 1. The maximum Gasteiger partial charge on any atom is 0.323 e. The van der Waals surface area contributed by atoms with Crippen molar-refractivity contribution in [2.45, 2.75) is 32.1 Å². The second kappa shape index (κ2) is 7.34. The Bertz CT molecular complexity index is 842. The number of carboxylic acids is 1. The molecule has 1 aromatic carbocycles. The molecule has 0 aliphatic heterocycles. The summed E-state index contributed by atoms with van der Waals surface area (Å²) in [6.45, 7) is -0.501. The molecule has 1 aliphatic carbocycles. The molecular formula is C19H20N2O4. The molecule has 1 heterocycles. The number of hydrogen-bond donors (Lipinski definition) is 2. The van der Waals surface area contributed by atoms with Crippen molar-refractivity contribution in [2.75, 3.05) is 11.4 Å². The van der Waals surface area contributed by atoms with Gasteiger partial charge in [-0.1, -0.05) is 24.6 Å². The topological polar surface area (TPSA) is 90.5 Å². The van der Waals surface area contributed by atoms with Crippen molar-refractivity contribution in [1.82, 2.24) is 4.98 Å². The van der Waals surface area contributed by atoms with Crippen molar-refractivity contribution in [3.05, 3.63) is 63.6 Å². The number of nitrogens with one attached hydrogen (secondary N) is 1. The van der Waals surface area contributed by atoms with Crippen LogP contribution in [0.15, 0.2) is 41.2 Å². The molecule has 0 fully saturated rings. The number of nitrogens with zero attached hydrogens (tertiary/aromatic N) is 1. The predicted octanol–water partition coefficient (Wildman–Crippen LogP) is 2.38.